The van der Waals surface area contributed by atoms with Gasteiger partial charge in [0.2, 0.25) is 0 Å². The van der Waals surface area contributed by atoms with Crippen LogP contribution in [0.4, 0.5) is 0 Å². The summed E-state index contributed by atoms with van der Waals surface area (Å²) in [6.45, 7) is 7.91. The molecule has 1 aliphatic rings. The van der Waals surface area contributed by atoms with Crippen molar-refractivity contribution in [2.24, 2.45) is 5.92 Å². The van der Waals surface area contributed by atoms with E-state index in [1.165, 1.54) is 12.0 Å². The maximum atomic E-state index is 13.2. The molecule has 1 fully saturated rings. The number of rotatable bonds is 11. The van der Waals surface area contributed by atoms with Gasteiger partial charge in [-0.3, -0.25) is 9.59 Å². The monoisotopic (exact) mass is 496 g/mol. The Kier molecular flexibility index (Phi) is 8.98. The number of Topliss-reactive ketones (excluding diaryl/α,β-unsaturated/α-hetero) is 1. The molecule has 194 valence electrons. The number of benzene rings is 2. The number of carbonyl (C=O) groups excluding carboxylic acids is 2. The number of hydrogen-bond acceptors (Lipinski definition) is 7. The summed E-state index contributed by atoms with van der Waals surface area (Å²) in [5.41, 5.74) is 1.12. The van der Waals surface area contributed by atoms with E-state index in [-0.39, 0.29) is 11.3 Å². The van der Waals surface area contributed by atoms with Crippen LogP contribution >= 0.6 is 0 Å². The van der Waals surface area contributed by atoms with Crippen LogP contribution in [0.3, 0.4) is 0 Å². The fourth-order valence-corrected chi connectivity index (χ4v) is 4.02. The molecule has 2 aromatic rings. The number of aliphatic hydroxyl groups excluding tert-OH is 1. The summed E-state index contributed by atoms with van der Waals surface area (Å²) >= 11 is 0. The summed E-state index contributed by atoms with van der Waals surface area (Å²) in [6.07, 6.45) is 0. The fourth-order valence-electron chi connectivity index (χ4n) is 4.02. The number of ether oxygens (including phenoxy) is 3. The Labute approximate surface area is 213 Å². The van der Waals surface area contributed by atoms with E-state index in [0.717, 1.165) is 0 Å². The van der Waals surface area contributed by atoms with Gasteiger partial charge in [-0.25, -0.2) is 0 Å². The van der Waals surface area contributed by atoms with Gasteiger partial charge >= 0.3 is 0 Å². The zero-order chi connectivity index (χ0) is 26.4. The van der Waals surface area contributed by atoms with Crippen LogP contribution in [0.25, 0.3) is 5.76 Å². The fraction of sp³-hybridized carbons (Fsp3) is 0.429. The van der Waals surface area contributed by atoms with Crippen LogP contribution in [0.2, 0.25) is 0 Å². The molecule has 1 amide bonds. The second kappa shape index (κ2) is 11.9. The van der Waals surface area contributed by atoms with Gasteiger partial charge in [0.1, 0.15) is 11.5 Å². The lowest BCUT2D eigenvalue weighted by Gasteiger charge is -2.27. The van der Waals surface area contributed by atoms with Crippen molar-refractivity contribution in [2.45, 2.75) is 26.8 Å². The number of ketones is 1. The van der Waals surface area contributed by atoms with Gasteiger partial charge in [-0.15, -0.1) is 0 Å². The molecule has 0 aromatic heterocycles. The lowest BCUT2D eigenvalue weighted by Crippen LogP contribution is -2.35. The van der Waals surface area contributed by atoms with Gasteiger partial charge in [0.15, 0.2) is 11.5 Å². The van der Waals surface area contributed by atoms with E-state index in [9.17, 15) is 14.7 Å². The van der Waals surface area contributed by atoms with Gasteiger partial charge in [-0.2, -0.15) is 0 Å². The summed E-state index contributed by atoms with van der Waals surface area (Å²) in [4.78, 5) is 29.8. The quantitative estimate of drug-likeness (QED) is 0.285. The smallest absolute Gasteiger partial charge is 0.295 e. The molecule has 8 heteroatoms. The minimum atomic E-state index is -0.772. The number of hydrogen-bond donors (Lipinski definition) is 1. The van der Waals surface area contributed by atoms with E-state index >= 15 is 0 Å². The van der Waals surface area contributed by atoms with E-state index in [0.29, 0.717) is 60.6 Å². The Hall–Kier alpha value is -3.52. The molecule has 1 aliphatic heterocycles. The molecule has 0 aliphatic carbocycles. The van der Waals surface area contributed by atoms with Gasteiger partial charge in [0, 0.05) is 18.7 Å². The van der Waals surface area contributed by atoms with Gasteiger partial charge < -0.3 is 29.1 Å². The van der Waals surface area contributed by atoms with Crippen LogP contribution in [0, 0.1) is 5.92 Å². The molecule has 0 bridgehead atoms. The molecule has 1 N–H and O–H groups in total. The summed E-state index contributed by atoms with van der Waals surface area (Å²) in [7, 11) is 5.33. The molecule has 1 heterocycles. The standard InChI is InChI=1S/C28H36N2O6/c1-7-35-22-13-10-20(16-23(22)34-6)25-24(27(32)28(33)30(25)15-14-29(4)5)26(31)19-8-11-21(12-9-19)36-17-18(2)3/h8-13,16,18,25,31H,7,14-15,17H2,1-6H3. The Morgan fingerprint density at radius 1 is 1.06 bits per heavy atom. The molecule has 1 unspecified atom stereocenters. The zero-order valence-electron chi connectivity index (χ0n) is 21.9. The normalized spacial score (nSPS) is 17.2. The molecule has 8 nitrogen and oxygen atoms in total. The minimum absolute atomic E-state index is 0.0424. The molecule has 2 aromatic carbocycles. The van der Waals surface area contributed by atoms with Gasteiger partial charge in [-0.05, 0) is 68.9 Å². The zero-order valence-corrected chi connectivity index (χ0v) is 21.9. The SMILES string of the molecule is CCOc1ccc(C2C(=C(O)c3ccc(OCC(C)C)cc3)C(=O)C(=O)N2CCN(C)C)cc1OC. The van der Waals surface area contributed by atoms with Crippen LogP contribution in [0.1, 0.15) is 37.9 Å². The molecule has 1 atom stereocenters. The van der Waals surface area contributed by atoms with Crippen LogP contribution in [0.15, 0.2) is 48.0 Å². The van der Waals surface area contributed by atoms with Crippen LogP contribution in [0.5, 0.6) is 17.2 Å². The first-order valence-electron chi connectivity index (χ1n) is 12.1. The topological polar surface area (TPSA) is 88.5 Å². The molecule has 1 saturated heterocycles. The van der Waals surface area contributed by atoms with Crippen molar-refractivity contribution < 1.29 is 28.9 Å². The first-order chi connectivity index (χ1) is 17.2. The Morgan fingerprint density at radius 3 is 2.33 bits per heavy atom. The molecule has 0 spiro atoms. The Balaban J connectivity index is 2.08. The van der Waals surface area contributed by atoms with Gasteiger partial charge in [0.05, 0.1) is 31.9 Å². The van der Waals surface area contributed by atoms with Crippen molar-refractivity contribution in [2.75, 3.05) is 47.5 Å². The molecule has 36 heavy (non-hydrogen) atoms. The van der Waals surface area contributed by atoms with Crippen LogP contribution < -0.4 is 14.2 Å². The molecular formula is C28H36N2O6. The van der Waals surface area contributed by atoms with E-state index in [2.05, 4.69) is 13.8 Å². The average Bonchev–Trinajstić information content (AvgIpc) is 3.11. The Morgan fingerprint density at radius 2 is 1.75 bits per heavy atom. The van der Waals surface area contributed by atoms with E-state index in [1.54, 1.807) is 42.5 Å². The molecule has 0 radical (unpaired) electrons. The third kappa shape index (κ3) is 5.99. The third-order valence-electron chi connectivity index (χ3n) is 5.84. The number of methoxy groups -OCH3 is 1. The van der Waals surface area contributed by atoms with E-state index in [4.69, 9.17) is 14.2 Å². The summed E-state index contributed by atoms with van der Waals surface area (Å²) < 4.78 is 16.9. The number of carbonyl (C=O) groups is 2. The predicted molar refractivity (Wildman–Crippen MR) is 139 cm³/mol. The number of amides is 1. The highest BCUT2D eigenvalue weighted by molar-refractivity contribution is 6.46. The minimum Gasteiger partial charge on any atom is -0.507 e. The lowest BCUT2D eigenvalue weighted by molar-refractivity contribution is -0.140. The van der Waals surface area contributed by atoms with Crippen molar-refractivity contribution in [3.63, 3.8) is 0 Å². The first kappa shape index (κ1) is 27.1. The predicted octanol–water partition coefficient (Wildman–Crippen LogP) is 4.11. The van der Waals surface area contributed by atoms with E-state index in [1.807, 2.05) is 25.9 Å². The second-order valence-electron chi connectivity index (χ2n) is 9.37. The van der Waals surface area contributed by atoms with Crippen LogP contribution in [-0.2, 0) is 9.59 Å². The number of nitrogens with zero attached hydrogens (tertiary/aromatic N) is 2. The largest absolute Gasteiger partial charge is 0.507 e. The second-order valence-corrected chi connectivity index (χ2v) is 9.37. The van der Waals surface area contributed by atoms with Gasteiger partial charge in [0.25, 0.3) is 11.7 Å². The van der Waals surface area contributed by atoms with Crippen molar-refractivity contribution in [3.8, 4) is 17.2 Å². The Bertz CT molecular complexity index is 1110. The number of likely N-dealkylation sites (tertiary alicyclic amines) is 1. The lowest BCUT2D eigenvalue weighted by atomic mass is 9.95. The van der Waals surface area contributed by atoms with Crippen molar-refractivity contribution >= 4 is 17.4 Å². The van der Waals surface area contributed by atoms with Crippen molar-refractivity contribution in [1.29, 1.82) is 0 Å². The van der Waals surface area contributed by atoms with Crippen molar-refractivity contribution in [1.82, 2.24) is 9.80 Å². The average molecular weight is 497 g/mol. The summed E-state index contributed by atoms with van der Waals surface area (Å²) in [6, 6.07) is 11.4. The third-order valence-corrected chi connectivity index (χ3v) is 5.84. The number of aliphatic hydroxyl groups is 1. The first-order valence-corrected chi connectivity index (χ1v) is 12.1. The summed E-state index contributed by atoms with van der Waals surface area (Å²) in [5, 5.41) is 11.3. The molecule has 3 rings (SSSR count). The molecule has 0 saturated carbocycles. The van der Waals surface area contributed by atoms with Crippen molar-refractivity contribution in [3.05, 3.63) is 59.2 Å². The molecular weight excluding hydrogens is 460 g/mol. The summed E-state index contributed by atoms with van der Waals surface area (Å²) in [5.74, 6) is 0.498. The highest BCUT2D eigenvalue weighted by Gasteiger charge is 2.46. The number of likely N-dealkylation sites (N-methyl/N-ethyl adjacent to an activating group) is 1. The maximum absolute atomic E-state index is 13.2. The maximum Gasteiger partial charge on any atom is 0.295 e. The highest BCUT2D eigenvalue weighted by Crippen LogP contribution is 2.42. The highest BCUT2D eigenvalue weighted by atomic mass is 16.5. The van der Waals surface area contributed by atoms with Gasteiger partial charge in [-0.1, -0.05) is 19.9 Å². The van der Waals surface area contributed by atoms with Crippen LogP contribution in [-0.4, -0.2) is 74.1 Å². The van der Waals surface area contributed by atoms with E-state index < -0.39 is 17.7 Å².